The third-order valence-corrected chi connectivity index (χ3v) is 5.28. The fourth-order valence-corrected chi connectivity index (χ4v) is 3.72. The molecule has 1 atom stereocenters. The van der Waals surface area contributed by atoms with Gasteiger partial charge in [-0.05, 0) is 44.4 Å². The number of carbonyl (C=O) groups is 1. The molecular formula is C21H30N4O3. The van der Waals surface area contributed by atoms with Crippen LogP contribution >= 0.6 is 0 Å². The predicted octanol–water partition coefficient (Wildman–Crippen LogP) is 2.56. The summed E-state index contributed by atoms with van der Waals surface area (Å²) in [5.74, 6) is 2.67. The van der Waals surface area contributed by atoms with E-state index in [-0.39, 0.29) is 5.91 Å². The molecule has 3 rings (SSSR count). The highest BCUT2D eigenvalue weighted by Gasteiger charge is 2.22. The van der Waals surface area contributed by atoms with Crippen LogP contribution in [-0.2, 0) is 13.1 Å². The molecule has 0 aliphatic carbocycles. The number of imidazole rings is 1. The standard InChI is InChI=1S/C21H30N4O3/c1-4-25-9-7-22-20(25)15-24-8-5-6-16(14-24)13-23-21(26)17-10-18(27-2)12-19(11-17)28-3/h7,9-12,16H,4-6,8,13-15H2,1-3H3,(H,23,26)/t16-/m0/s1. The number of nitrogens with zero attached hydrogens (tertiary/aromatic N) is 3. The fourth-order valence-electron chi connectivity index (χ4n) is 3.72. The molecule has 0 saturated carbocycles. The molecule has 0 spiro atoms. The van der Waals surface area contributed by atoms with Crippen molar-refractivity contribution in [2.24, 2.45) is 5.92 Å². The van der Waals surface area contributed by atoms with Crippen LogP contribution < -0.4 is 14.8 Å². The average Bonchev–Trinajstić information content (AvgIpc) is 3.18. The van der Waals surface area contributed by atoms with Gasteiger partial charge in [-0.2, -0.15) is 0 Å². The molecule has 1 aliphatic heterocycles. The number of benzene rings is 1. The summed E-state index contributed by atoms with van der Waals surface area (Å²) in [4.78, 5) is 19.5. The molecule has 7 nitrogen and oxygen atoms in total. The molecule has 1 aliphatic rings. The summed E-state index contributed by atoms with van der Waals surface area (Å²) < 4.78 is 12.7. The van der Waals surface area contributed by atoms with Crippen molar-refractivity contribution in [3.8, 4) is 11.5 Å². The number of nitrogens with one attached hydrogen (secondary N) is 1. The van der Waals surface area contributed by atoms with Crippen LogP contribution in [0.4, 0.5) is 0 Å². The van der Waals surface area contributed by atoms with Crippen molar-refractivity contribution < 1.29 is 14.3 Å². The molecule has 1 saturated heterocycles. The lowest BCUT2D eigenvalue weighted by atomic mass is 9.98. The normalized spacial score (nSPS) is 17.3. The minimum absolute atomic E-state index is 0.101. The molecule has 28 heavy (non-hydrogen) atoms. The maximum atomic E-state index is 12.6. The lowest BCUT2D eigenvalue weighted by Crippen LogP contribution is -2.41. The van der Waals surface area contributed by atoms with Crippen molar-refractivity contribution in [1.82, 2.24) is 19.8 Å². The summed E-state index contributed by atoms with van der Waals surface area (Å²) >= 11 is 0. The number of piperidine rings is 1. The molecule has 152 valence electrons. The highest BCUT2D eigenvalue weighted by Crippen LogP contribution is 2.23. The smallest absolute Gasteiger partial charge is 0.251 e. The number of hydrogen-bond acceptors (Lipinski definition) is 5. The second kappa shape index (κ2) is 9.59. The van der Waals surface area contributed by atoms with Crippen molar-refractivity contribution in [1.29, 1.82) is 0 Å². The highest BCUT2D eigenvalue weighted by atomic mass is 16.5. The third kappa shape index (κ3) is 5.04. The van der Waals surface area contributed by atoms with Gasteiger partial charge in [0.1, 0.15) is 17.3 Å². The Morgan fingerprint density at radius 3 is 2.68 bits per heavy atom. The van der Waals surface area contributed by atoms with Crippen molar-refractivity contribution in [3.05, 3.63) is 42.0 Å². The molecule has 0 radical (unpaired) electrons. The first-order chi connectivity index (χ1) is 13.6. The number of ether oxygens (including phenoxy) is 2. The van der Waals surface area contributed by atoms with Crippen LogP contribution in [-0.4, -0.2) is 54.2 Å². The molecule has 1 aromatic carbocycles. The monoisotopic (exact) mass is 386 g/mol. The van der Waals surface area contributed by atoms with Crippen molar-refractivity contribution in [2.75, 3.05) is 33.9 Å². The van der Waals surface area contributed by atoms with Gasteiger partial charge in [-0.15, -0.1) is 0 Å². The quantitative estimate of drug-likeness (QED) is 0.755. The van der Waals surface area contributed by atoms with Crippen LogP contribution in [0, 0.1) is 5.92 Å². The zero-order valence-corrected chi connectivity index (χ0v) is 17.0. The summed E-state index contributed by atoms with van der Waals surface area (Å²) in [6, 6.07) is 5.22. The lowest BCUT2D eigenvalue weighted by molar-refractivity contribution is 0.0929. The van der Waals surface area contributed by atoms with Gasteiger partial charge in [-0.3, -0.25) is 9.69 Å². The Morgan fingerprint density at radius 2 is 2.00 bits per heavy atom. The Bertz CT molecular complexity index is 767. The van der Waals surface area contributed by atoms with Crippen molar-refractivity contribution >= 4 is 5.91 Å². The molecular weight excluding hydrogens is 356 g/mol. The first kappa shape index (κ1) is 20.2. The molecule has 1 fully saturated rings. The van der Waals surface area contributed by atoms with Gasteiger partial charge >= 0.3 is 0 Å². The zero-order chi connectivity index (χ0) is 19.9. The molecule has 1 N–H and O–H groups in total. The topological polar surface area (TPSA) is 68.6 Å². The van der Waals surface area contributed by atoms with E-state index in [0.717, 1.165) is 44.8 Å². The van der Waals surface area contributed by atoms with Gasteiger partial charge in [-0.1, -0.05) is 0 Å². The first-order valence-corrected chi connectivity index (χ1v) is 9.86. The number of methoxy groups -OCH3 is 2. The van der Waals surface area contributed by atoms with E-state index in [9.17, 15) is 4.79 Å². The van der Waals surface area contributed by atoms with Crippen LogP contribution in [0.15, 0.2) is 30.6 Å². The average molecular weight is 386 g/mol. The minimum Gasteiger partial charge on any atom is -0.497 e. The number of carbonyl (C=O) groups excluding carboxylic acids is 1. The third-order valence-electron chi connectivity index (χ3n) is 5.28. The van der Waals surface area contributed by atoms with Gasteiger partial charge in [0.15, 0.2) is 0 Å². The second-order valence-corrected chi connectivity index (χ2v) is 7.18. The van der Waals surface area contributed by atoms with Crippen LogP contribution in [0.5, 0.6) is 11.5 Å². The van der Waals surface area contributed by atoms with Gasteiger partial charge < -0.3 is 19.4 Å². The lowest BCUT2D eigenvalue weighted by Gasteiger charge is -2.32. The second-order valence-electron chi connectivity index (χ2n) is 7.18. The van der Waals surface area contributed by atoms with E-state index in [1.807, 2.05) is 12.4 Å². The Labute approximate surface area is 166 Å². The number of likely N-dealkylation sites (tertiary alicyclic amines) is 1. The van der Waals surface area contributed by atoms with E-state index >= 15 is 0 Å². The van der Waals surface area contributed by atoms with E-state index < -0.39 is 0 Å². The van der Waals surface area contributed by atoms with Gasteiger partial charge in [0.25, 0.3) is 5.91 Å². The van der Waals surface area contributed by atoms with Crippen molar-refractivity contribution in [3.63, 3.8) is 0 Å². The number of aromatic nitrogens is 2. The van der Waals surface area contributed by atoms with Crippen LogP contribution in [0.25, 0.3) is 0 Å². The Balaban J connectivity index is 1.55. The molecule has 1 amide bonds. The van der Waals surface area contributed by atoms with Gasteiger partial charge in [-0.25, -0.2) is 4.98 Å². The molecule has 2 heterocycles. The Hall–Kier alpha value is -2.54. The zero-order valence-electron chi connectivity index (χ0n) is 17.0. The molecule has 1 aromatic heterocycles. The largest absolute Gasteiger partial charge is 0.497 e. The Kier molecular flexibility index (Phi) is 6.92. The van der Waals surface area contributed by atoms with Gasteiger partial charge in [0, 0.05) is 43.7 Å². The predicted molar refractivity (Wildman–Crippen MR) is 108 cm³/mol. The summed E-state index contributed by atoms with van der Waals surface area (Å²) in [7, 11) is 3.16. The highest BCUT2D eigenvalue weighted by molar-refractivity contribution is 5.95. The van der Waals surface area contributed by atoms with Crippen LogP contribution in [0.3, 0.4) is 0 Å². The fraction of sp³-hybridized carbons (Fsp3) is 0.524. The van der Waals surface area contributed by atoms with E-state index in [1.165, 1.54) is 0 Å². The SMILES string of the molecule is CCn1ccnc1CN1CCC[C@@H](CNC(=O)c2cc(OC)cc(OC)c2)C1. The number of aryl methyl sites for hydroxylation is 1. The first-order valence-electron chi connectivity index (χ1n) is 9.86. The summed E-state index contributed by atoms with van der Waals surface area (Å²) in [6.07, 6.45) is 6.16. The molecule has 7 heteroatoms. The van der Waals surface area contributed by atoms with E-state index in [1.54, 1.807) is 32.4 Å². The van der Waals surface area contributed by atoms with Crippen LogP contribution in [0.1, 0.15) is 35.9 Å². The maximum Gasteiger partial charge on any atom is 0.251 e. The number of amides is 1. The maximum absolute atomic E-state index is 12.6. The summed E-state index contributed by atoms with van der Waals surface area (Å²) in [6.45, 7) is 6.64. The van der Waals surface area contributed by atoms with Gasteiger partial charge in [0.05, 0.1) is 20.8 Å². The number of hydrogen-bond donors (Lipinski definition) is 1. The van der Waals surface area contributed by atoms with E-state index in [4.69, 9.17) is 9.47 Å². The van der Waals surface area contributed by atoms with Crippen LogP contribution in [0.2, 0.25) is 0 Å². The molecule has 2 aromatic rings. The van der Waals surface area contributed by atoms with Crippen molar-refractivity contribution in [2.45, 2.75) is 32.9 Å². The number of rotatable bonds is 8. The van der Waals surface area contributed by atoms with E-state index in [0.29, 0.717) is 29.5 Å². The summed E-state index contributed by atoms with van der Waals surface area (Å²) in [5, 5.41) is 3.08. The molecule has 0 bridgehead atoms. The Morgan fingerprint density at radius 1 is 1.25 bits per heavy atom. The minimum atomic E-state index is -0.101. The molecule has 0 unspecified atom stereocenters. The summed E-state index contributed by atoms with van der Waals surface area (Å²) in [5.41, 5.74) is 0.550. The van der Waals surface area contributed by atoms with E-state index in [2.05, 4.69) is 26.7 Å². The van der Waals surface area contributed by atoms with Gasteiger partial charge in [0.2, 0.25) is 0 Å².